The molecule has 0 radical (unpaired) electrons. The quantitative estimate of drug-likeness (QED) is 0.775. The Balaban J connectivity index is 1.60. The Hall–Kier alpha value is -2.77. The second-order valence-electron chi connectivity index (χ2n) is 8.27. The monoisotopic (exact) mass is 416 g/mol. The van der Waals surface area contributed by atoms with Crippen molar-refractivity contribution in [1.29, 1.82) is 0 Å². The van der Waals surface area contributed by atoms with Crippen LogP contribution in [0, 0.1) is 0 Å². The number of hydrogen-bond donors (Lipinski definition) is 1. The molecule has 0 unspecified atom stereocenters. The van der Waals surface area contributed by atoms with Gasteiger partial charge < -0.3 is 19.5 Å². The number of urea groups is 1. The molecule has 0 spiro atoms. The lowest BCUT2D eigenvalue weighted by Crippen LogP contribution is -2.48. The molecule has 3 rings (SSSR count). The third-order valence-electron chi connectivity index (χ3n) is 5.81. The van der Waals surface area contributed by atoms with Crippen molar-refractivity contribution in [3.63, 3.8) is 0 Å². The van der Waals surface area contributed by atoms with Crippen LogP contribution in [0.4, 0.5) is 10.5 Å². The summed E-state index contributed by atoms with van der Waals surface area (Å²) >= 11 is 0. The molecular formula is C22H32N4O4. The van der Waals surface area contributed by atoms with Gasteiger partial charge in [-0.2, -0.15) is 0 Å². The van der Waals surface area contributed by atoms with Gasteiger partial charge in [0.15, 0.2) is 5.58 Å². The predicted molar refractivity (Wildman–Crippen MR) is 117 cm³/mol. The SMILES string of the molecule is CCCCC(=O)N1CCC(N(C)C(=O)Nc2ccc3c(c2)oc(=O)n3C(C)C)CC1. The Kier molecular flexibility index (Phi) is 6.84. The number of hydrogen-bond acceptors (Lipinski definition) is 4. The molecule has 1 N–H and O–H groups in total. The molecule has 1 aromatic carbocycles. The minimum absolute atomic E-state index is 0.00922. The van der Waals surface area contributed by atoms with Crippen LogP contribution < -0.4 is 11.1 Å². The summed E-state index contributed by atoms with van der Waals surface area (Å²) in [6, 6.07) is 5.11. The van der Waals surface area contributed by atoms with Crippen LogP contribution in [0.2, 0.25) is 0 Å². The first-order chi connectivity index (χ1) is 14.3. The van der Waals surface area contributed by atoms with Gasteiger partial charge in [0, 0.05) is 50.4 Å². The molecule has 0 bridgehead atoms. The summed E-state index contributed by atoms with van der Waals surface area (Å²) in [5, 5.41) is 2.89. The van der Waals surface area contributed by atoms with E-state index in [2.05, 4.69) is 12.2 Å². The Morgan fingerprint density at radius 3 is 2.60 bits per heavy atom. The minimum atomic E-state index is -0.402. The van der Waals surface area contributed by atoms with Gasteiger partial charge in [-0.3, -0.25) is 9.36 Å². The van der Waals surface area contributed by atoms with Gasteiger partial charge >= 0.3 is 11.8 Å². The first-order valence-corrected chi connectivity index (χ1v) is 10.8. The Bertz CT molecular complexity index is 954. The largest absolute Gasteiger partial charge is 0.420 e. The number of oxazole rings is 1. The highest BCUT2D eigenvalue weighted by Crippen LogP contribution is 2.22. The number of amides is 3. The van der Waals surface area contributed by atoms with E-state index >= 15 is 0 Å². The highest BCUT2D eigenvalue weighted by Gasteiger charge is 2.27. The van der Waals surface area contributed by atoms with Gasteiger partial charge in [-0.15, -0.1) is 0 Å². The summed E-state index contributed by atoms with van der Waals surface area (Å²) in [6.45, 7) is 7.29. The number of anilines is 1. The molecule has 2 aromatic rings. The second-order valence-corrected chi connectivity index (χ2v) is 8.27. The molecule has 1 aliphatic rings. The van der Waals surface area contributed by atoms with Crippen LogP contribution in [0.3, 0.4) is 0 Å². The van der Waals surface area contributed by atoms with Gasteiger partial charge in [-0.25, -0.2) is 9.59 Å². The standard InChI is InChI=1S/C22H32N4O4/c1-5-6-7-20(27)25-12-10-17(11-13-25)24(4)21(28)23-16-8-9-18-19(14-16)30-22(29)26(18)15(2)3/h8-9,14-15,17H,5-7,10-13H2,1-4H3,(H,23,28). The first-order valence-electron chi connectivity index (χ1n) is 10.8. The lowest BCUT2D eigenvalue weighted by molar-refractivity contribution is -0.132. The van der Waals surface area contributed by atoms with E-state index in [4.69, 9.17) is 4.42 Å². The van der Waals surface area contributed by atoms with Gasteiger partial charge in [0.25, 0.3) is 0 Å². The second kappa shape index (κ2) is 9.36. The fourth-order valence-corrected chi connectivity index (χ4v) is 3.97. The van der Waals surface area contributed by atoms with E-state index in [1.54, 1.807) is 34.7 Å². The minimum Gasteiger partial charge on any atom is -0.408 e. The molecule has 30 heavy (non-hydrogen) atoms. The fraction of sp³-hybridized carbons (Fsp3) is 0.591. The molecule has 8 nitrogen and oxygen atoms in total. The number of carbonyl (C=O) groups is 2. The smallest absolute Gasteiger partial charge is 0.408 e. The lowest BCUT2D eigenvalue weighted by atomic mass is 10.0. The number of likely N-dealkylation sites (tertiary alicyclic amines) is 1. The lowest BCUT2D eigenvalue weighted by Gasteiger charge is -2.36. The zero-order chi connectivity index (χ0) is 21.8. The topological polar surface area (TPSA) is 87.8 Å². The number of benzene rings is 1. The predicted octanol–water partition coefficient (Wildman–Crippen LogP) is 3.82. The van der Waals surface area contributed by atoms with E-state index in [9.17, 15) is 14.4 Å². The van der Waals surface area contributed by atoms with Crippen LogP contribution in [0.25, 0.3) is 11.1 Å². The van der Waals surface area contributed by atoms with Crippen molar-refractivity contribution in [2.75, 3.05) is 25.5 Å². The molecule has 164 valence electrons. The average molecular weight is 417 g/mol. The van der Waals surface area contributed by atoms with Crippen molar-refractivity contribution in [3.8, 4) is 0 Å². The van der Waals surface area contributed by atoms with Gasteiger partial charge in [0.05, 0.1) is 5.52 Å². The number of nitrogens with one attached hydrogen (secondary N) is 1. The Morgan fingerprint density at radius 2 is 1.97 bits per heavy atom. The molecule has 1 aliphatic heterocycles. The summed E-state index contributed by atoms with van der Waals surface area (Å²) in [6.07, 6.45) is 4.09. The number of rotatable bonds is 6. The Labute approximate surface area is 176 Å². The van der Waals surface area contributed by atoms with Crippen LogP contribution in [0.5, 0.6) is 0 Å². The maximum atomic E-state index is 12.7. The van der Waals surface area contributed by atoms with E-state index in [-0.39, 0.29) is 24.0 Å². The highest BCUT2D eigenvalue weighted by atomic mass is 16.4. The van der Waals surface area contributed by atoms with E-state index < -0.39 is 5.76 Å². The number of nitrogens with zero attached hydrogens (tertiary/aromatic N) is 3. The summed E-state index contributed by atoms with van der Waals surface area (Å²) in [4.78, 5) is 40.6. The van der Waals surface area contributed by atoms with Gasteiger partial charge in [0.2, 0.25) is 5.91 Å². The van der Waals surface area contributed by atoms with E-state index in [1.165, 1.54) is 0 Å². The zero-order valence-corrected chi connectivity index (χ0v) is 18.3. The van der Waals surface area contributed by atoms with Crippen LogP contribution in [0.1, 0.15) is 58.9 Å². The molecule has 1 saturated heterocycles. The maximum absolute atomic E-state index is 12.7. The van der Waals surface area contributed by atoms with Crippen molar-refractivity contribution >= 4 is 28.7 Å². The molecule has 2 heterocycles. The molecule has 0 saturated carbocycles. The molecule has 1 fully saturated rings. The Morgan fingerprint density at radius 1 is 1.27 bits per heavy atom. The van der Waals surface area contributed by atoms with Crippen molar-refractivity contribution in [2.24, 2.45) is 0 Å². The zero-order valence-electron chi connectivity index (χ0n) is 18.3. The van der Waals surface area contributed by atoms with Crippen LogP contribution in [-0.4, -0.2) is 52.5 Å². The van der Waals surface area contributed by atoms with E-state index in [0.717, 1.165) is 25.7 Å². The third-order valence-corrected chi connectivity index (χ3v) is 5.81. The normalized spacial score (nSPS) is 15.0. The molecular weight excluding hydrogens is 384 g/mol. The number of carbonyl (C=O) groups excluding carboxylic acids is 2. The first kappa shape index (κ1) is 21.9. The van der Waals surface area contributed by atoms with E-state index in [0.29, 0.717) is 36.3 Å². The van der Waals surface area contributed by atoms with E-state index in [1.807, 2.05) is 18.7 Å². The summed E-state index contributed by atoms with van der Waals surface area (Å²) < 4.78 is 6.91. The van der Waals surface area contributed by atoms with Crippen molar-refractivity contribution in [1.82, 2.24) is 14.4 Å². The molecule has 3 amide bonds. The average Bonchev–Trinajstić information content (AvgIpc) is 3.06. The number of piperidine rings is 1. The molecule has 8 heteroatoms. The van der Waals surface area contributed by atoms with Gasteiger partial charge in [-0.1, -0.05) is 13.3 Å². The highest BCUT2D eigenvalue weighted by molar-refractivity contribution is 5.91. The fourth-order valence-electron chi connectivity index (χ4n) is 3.97. The van der Waals surface area contributed by atoms with Crippen LogP contribution in [-0.2, 0) is 4.79 Å². The molecule has 0 aliphatic carbocycles. The number of unbranched alkanes of at least 4 members (excludes halogenated alkanes) is 1. The maximum Gasteiger partial charge on any atom is 0.420 e. The summed E-state index contributed by atoms with van der Waals surface area (Å²) in [5.41, 5.74) is 1.74. The van der Waals surface area contributed by atoms with Gasteiger partial charge in [-0.05, 0) is 45.2 Å². The van der Waals surface area contributed by atoms with Crippen LogP contribution in [0.15, 0.2) is 27.4 Å². The van der Waals surface area contributed by atoms with Crippen LogP contribution >= 0.6 is 0 Å². The molecule has 1 aromatic heterocycles. The number of fused-ring (bicyclic) bond motifs is 1. The summed E-state index contributed by atoms with van der Waals surface area (Å²) in [5.74, 6) is -0.189. The third kappa shape index (κ3) is 4.68. The molecule has 0 atom stereocenters. The van der Waals surface area contributed by atoms with Gasteiger partial charge in [0.1, 0.15) is 0 Å². The van der Waals surface area contributed by atoms with Crippen molar-refractivity contribution < 1.29 is 14.0 Å². The number of aromatic nitrogens is 1. The van der Waals surface area contributed by atoms with Crippen molar-refractivity contribution in [3.05, 3.63) is 28.7 Å². The summed E-state index contributed by atoms with van der Waals surface area (Å²) in [7, 11) is 1.78. The van der Waals surface area contributed by atoms with Crippen molar-refractivity contribution in [2.45, 2.75) is 65.0 Å².